The summed E-state index contributed by atoms with van der Waals surface area (Å²) in [5, 5.41) is 6.55. The lowest BCUT2D eigenvalue weighted by Gasteiger charge is -2.24. The summed E-state index contributed by atoms with van der Waals surface area (Å²) in [4.78, 5) is 26.1. The second-order valence-corrected chi connectivity index (χ2v) is 12.7. The van der Waals surface area contributed by atoms with Gasteiger partial charge in [-0.15, -0.1) is 11.3 Å². The third-order valence-corrected chi connectivity index (χ3v) is 8.37. The van der Waals surface area contributed by atoms with Crippen LogP contribution in [-0.4, -0.2) is 30.9 Å². The van der Waals surface area contributed by atoms with E-state index in [0.29, 0.717) is 17.3 Å². The minimum Gasteiger partial charge on any atom is -0.490 e. The molecule has 1 amide bonds. The molecule has 2 heterocycles. The molecule has 1 unspecified atom stereocenters. The molecule has 0 bridgehead atoms. The van der Waals surface area contributed by atoms with Crippen molar-refractivity contribution in [2.75, 3.05) is 13.1 Å². The second kappa shape index (κ2) is 16.5. The average Bonchev–Trinajstić information content (AvgIpc) is 3.41. The van der Waals surface area contributed by atoms with E-state index in [4.69, 9.17) is 4.74 Å². The summed E-state index contributed by atoms with van der Waals surface area (Å²) in [6.45, 7) is 14.2. The third-order valence-electron chi connectivity index (χ3n) is 7.21. The Morgan fingerprint density at radius 3 is 2.46 bits per heavy atom. The van der Waals surface area contributed by atoms with Gasteiger partial charge in [-0.2, -0.15) is 0 Å². The molecule has 4 rings (SSSR count). The van der Waals surface area contributed by atoms with Crippen molar-refractivity contribution in [2.45, 2.75) is 92.2 Å². The van der Waals surface area contributed by atoms with Gasteiger partial charge in [0, 0.05) is 21.7 Å². The molecule has 5 nitrogen and oxygen atoms in total. The number of carbonyl (C=O) groups is 2. The third kappa shape index (κ3) is 10.8. The van der Waals surface area contributed by atoms with E-state index in [0.717, 1.165) is 68.5 Å². The predicted octanol–water partition coefficient (Wildman–Crippen LogP) is 8.31. The summed E-state index contributed by atoms with van der Waals surface area (Å²) < 4.78 is 6.16. The zero-order chi connectivity index (χ0) is 29.8. The molecule has 1 aliphatic rings. The molecule has 6 heteroatoms. The summed E-state index contributed by atoms with van der Waals surface area (Å²) in [7, 11) is 0. The number of amides is 1. The highest BCUT2D eigenvalue weighted by molar-refractivity contribution is 7.15. The molecule has 2 N–H and O–H groups in total. The van der Waals surface area contributed by atoms with Crippen LogP contribution in [-0.2, 0) is 11.2 Å². The first-order valence-corrected chi connectivity index (χ1v) is 15.9. The van der Waals surface area contributed by atoms with Crippen LogP contribution in [0.4, 0.5) is 0 Å². The number of ketones is 1. The van der Waals surface area contributed by atoms with Crippen molar-refractivity contribution < 1.29 is 14.3 Å². The van der Waals surface area contributed by atoms with Crippen LogP contribution < -0.4 is 15.4 Å². The molecule has 0 saturated carbocycles. The molecule has 1 aliphatic heterocycles. The molecule has 222 valence electrons. The quantitative estimate of drug-likeness (QED) is 0.241. The topological polar surface area (TPSA) is 67.4 Å². The van der Waals surface area contributed by atoms with Gasteiger partial charge in [0.2, 0.25) is 0 Å². The van der Waals surface area contributed by atoms with E-state index in [1.165, 1.54) is 15.3 Å². The van der Waals surface area contributed by atoms with Crippen LogP contribution in [0.25, 0.3) is 10.4 Å². The van der Waals surface area contributed by atoms with Gasteiger partial charge in [-0.1, -0.05) is 51.5 Å². The summed E-state index contributed by atoms with van der Waals surface area (Å²) in [6, 6.07) is 18.7. The van der Waals surface area contributed by atoms with Crippen LogP contribution in [0.1, 0.15) is 99.1 Å². The number of hydrogen-bond donors (Lipinski definition) is 2. The number of rotatable bonds is 11. The van der Waals surface area contributed by atoms with Crippen LogP contribution >= 0.6 is 11.3 Å². The van der Waals surface area contributed by atoms with E-state index in [2.05, 4.69) is 67.8 Å². The van der Waals surface area contributed by atoms with Gasteiger partial charge >= 0.3 is 0 Å². The monoisotopic (exact) mass is 576 g/mol. The maximum Gasteiger partial charge on any atom is 0.252 e. The molecule has 0 spiro atoms. The van der Waals surface area contributed by atoms with E-state index in [1.807, 2.05) is 43.4 Å². The SMILES string of the molecule is CCCCC(C)=O.Cc1ccc(OC2CCNCC2)cc1C(=O)NC(C)c1cccc(-c2ccc(CC(C)C)s2)c1. The minimum atomic E-state index is -0.101. The first-order chi connectivity index (χ1) is 19.7. The highest BCUT2D eigenvalue weighted by atomic mass is 32.1. The zero-order valence-electron chi connectivity index (χ0n) is 25.7. The van der Waals surface area contributed by atoms with Gasteiger partial charge in [0.05, 0.1) is 6.04 Å². The van der Waals surface area contributed by atoms with Crippen LogP contribution in [0.5, 0.6) is 5.75 Å². The molecule has 1 atom stereocenters. The molecular weight excluding hydrogens is 528 g/mol. The van der Waals surface area contributed by atoms with Crippen LogP contribution in [0.15, 0.2) is 54.6 Å². The van der Waals surface area contributed by atoms with Crippen molar-refractivity contribution in [3.8, 4) is 16.2 Å². The van der Waals surface area contributed by atoms with Crippen molar-refractivity contribution >= 4 is 23.0 Å². The van der Waals surface area contributed by atoms with Gasteiger partial charge < -0.3 is 20.2 Å². The Morgan fingerprint density at radius 2 is 1.80 bits per heavy atom. The van der Waals surface area contributed by atoms with Gasteiger partial charge in [-0.25, -0.2) is 0 Å². The Bertz CT molecular complexity index is 1260. The van der Waals surface area contributed by atoms with E-state index in [-0.39, 0.29) is 18.1 Å². The Morgan fingerprint density at radius 1 is 1.05 bits per heavy atom. The maximum atomic E-state index is 13.2. The van der Waals surface area contributed by atoms with Gasteiger partial charge in [0.15, 0.2) is 0 Å². The van der Waals surface area contributed by atoms with Gasteiger partial charge in [0.25, 0.3) is 5.91 Å². The van der Waals surface area contributed by atoms with E-state index in [9.17, 15) is 9.59 Å². The number of benzene rings is 2. The Labute approximate surface area is 251 Å². The molecule has 0 radical (unpaired) electrons. The lowest BCUT2D eigenvalue weighted by molar-refractivity contribution is -0.117. The number of piperidine rings is 1. The standard InChI is InChI=1S/C29H36N2O2S.C6H12O/c1-19(2)16-26-10-11-28(34-26)23-7-5-6-22(17-23)21(4)31-29(32)27-18-25(9-8-20(27)3)33-24-12-14-30-15-13-24;1-3-4-5-6(2)7/h5-11,17-19,21,24,30H,12-16H2,1-4H3,(H,31,32);3-5H2,1-2H3. The lowest BCUT2D eigenvalue weighted by atomic mass is 10.0. The lowest BCUT2D eigenvalue weighted by Crippen LogP contribution is -2.34. The molecule has 2 aromatic carbocycles. The summed E-state index contributed by atoms with van der Waals surface area (Å²) >= 11 is 1.86. The number of thiophene rings is 1. The summed E-state index contributed by atoms with van der Waals surface area (Å²) in [5.74, 6) is 1.66. The fourth-order valence-corrected chi connectivity index (χ4v) is 6.03. The van der Waals surface area contributed by atoms with Gasteiger partial charge in [-0.05, 0) is 112 Å². The molecule has 3 aromatic rings. The van der Waals surface area contributed by atoms with Crippen molar-refractivity contribution in [3.63, 3.8) is 0 Å². The van der Waals surface area contributed by atoms with E-state index in [1.54, 1.807) is 6.92 Å². The van der Waals surface area contributed by atoms with E-state index >= 15 is 0 Å². The maximum absolute atomic E-state index is 13.2. The van der Waals surface area contributed by atoms with Crippen molar-refractivity contribution in [1.29, 1.82) is 0 Å². The molecular formula is C35H48N2O3S. The number of unbranched alkanes of at least 4 members (excludes halogenated alkanes) is 1. The van der Waals surface area contributed by atoms with Crippen LogP contribution in [0.2, 0.25) is 0 Å². The number of hydrogen-bond acceptors (Lipinski definition) is 5. The molecule has 0 aliphatic carbocycles. The highest BCUT2D eigenvalue weighted by Gasteiger charge is 2.18. The van der Waals surface area contributed by atoms with Crippen molar-refractivity contribution in [2.24, 2.45) is 5.92 Å². The van der Waals surface area contributed by atoms with Crippen molar-refractivity contribution in [1.82, 2.24) is 10.6 Å². The first-order valence-electron chi connectivity index (χ1n) is 15.1. The average molecular weight is 577 g/mol. The molecule has 1 saturated heterocycles. The van der Waals surface area contributed by atoms with E-state index < -0.39 is 0 Å². The molecule has 1 fully saturated rings. The van der Waals surface area contributed by atoms with Gasteiger partial charge in [-0.3, -0.25) is 4.79 Å². The molecule has 41 heavy (non-hydrogen) atoms. The zero-order valence-corrected chi connectivity index (χ0v) is 26.5. The molecule has 1 aromatic heterocycles. The van der Waals surface area contributed by atoms with Crippen molar-refractivity contribution in [3.05, 3.63) is 76.2 Å². The predicted molar refractivity (Wildman–Crippen MR) is 172 cm³/mol. The summed E-state index contributed by atoms with van der Waals surface area (Å²) in [6.07, 6.45) is 6.24. The minimum absolute atomic E-state index is 0.0680. The number of nitrogens with one attached hydrogen (secondary N) is 2. The largest absolute Gasteiger partial charge is 0.490 e. The Balaban J connectivity index is 0.000000587. The second-order valence-electron chi connectivity index (χ2n) is 11.5. The smallest absolute Gasteiger partial charge is 0.252 e. The highest BCUT2D eigenvalue weighted by Crippen LogP contribution is 2.31. The Hall–Kier alpha value is -2.96. The van der Waals surface area contributed by atoms with Crippen LogP contribution in [0.3, 0.4) is 0 Å². The Kier molecular flexibility index (Phi) is 13.1. The normalized spacial score (nSPS) is 14.2. The van der Waals surface area contributed by atoms with Crippen LogP contribution in [0, 0.1) is 12.8 Å². The van der Waals surface area contributed by atoms with Gasteiger partial charge in [0.1, 0.15) is 17.6 Å². The number of aryl methyl sites for hydroxylation is 1. The fraction of sp³-hybridized carbons (Fsp3) is 0.486. The fourth-order valence-electron chi connectivity index (χ4n) is 4.81. The first kappa shape index (κ1) is 32.6. The number of ether oxygens (including phenoxy) is 1. The number of carbonyl (C=O) groups excluding carboxylic acids is 2. The number of Topliss-reactive ketones (excluding diaryl/α,β-unsaturated/α-hetero) is 1. The summed E-state index contributed by atoms with van der Waals surface area (Å²) in [5.41, 5.74) is 3.93.